The highest BCUT2D eigenvalue weighted by Crippen LogP contribution is 2.34. The summed E-state index contributed by atoms with van der Waals surface area (Å²) in [6, 6.07) is 10.8. The molecule has 0 bridgehead atoms. The highest BCUT2D eigenvalue weighted by molar-refractivity contribution is 6.15. The molecule has 1 aliphatic carbocycles. The number of nitrogens with zero attached hydrogens (tertiary/aromatic N) is 1. The van der Waals surface area contributed by atoms with E-state index >= 15 is 0 Å². The van der Waals surface area contributed by atoms with Gasteiger partial charge in [-0.25, -0.2) is 0 Å². The predicted octanol–water partition coefficient (Wildman–Crippen LogP) is 3.04. The van der Waals surface area contributed by atoms with Crippen LogP contribution in [0, 0.1) is 17.0 Å². The second-order valence-corrected chi connectivity index (χ2v) is 4.69. The molecule has 0 saturated heterocycles. The van der Waals surface area contributed by atoms with E-state index in [9.17, 15) is 14.9 Å². The number of carbonyl (C=O) groups is 1. The van der Waals surface area contributed by atoms with E-state index < -0.39 is 4.92 Å². The Bertz CT molecular complexity index is 719. The van der Waals surface area contributed by atoms with Gasteiger partial charge in [0.25, 0.3) is 5.69 Å². The van der Waals surface area contributed by atoms with E-state index in [0.717, 1.165) is 11.1 Å². The largest absolute Gasteiger partial charge is 0.288 e. The molecule has 2 aromatic carbocycles. The number of fused-ring (bicyclic) bond motifs is 2. The molecule has 4 heteroatoms. The minimum absolute atomic E-state index is 0.0583. The Morgan fingerprint density at radius 1 is 1.11 bits per heavy atom. The van der Waals surface area contributed by atoms with Crippen LogP contribution in [-0.2, 0) is 6.42 Å². The number of benzene rings is 2. The molecule has 94 valence electrons. The molecule has 0 atom stereocenters. The summed E-state index contributed by atoms with van der Waals surface area (Å²) in [7, 11) is 0. The van der Waals surface area contributed by atoms with Crippen LogP contribution < -0.4 is 0 Å². The van der Waals surface area contributed by atoms with Crippen molar-refractivity contribution in [2.75, 3.05) is 0 Å². The van der Waals surface area contributed by atoms with Crippen molar-refractivity contribution in [2.24, 2.45) is 0 Å². The molecule has 4 nitrogen and oxygen atoms in total. The summed E-state index contributed by atoms with van der Waals surface area (Å²) < 4.78 is 0. The van der Waals surface area contributed by atoms with Crippen LogP contribution >= 0.6 is 0 Å². The molecule has 0 saturated carbocycles. The molecule has 2 aromatic rings. The van der Waals surface area contributed by atoms with Gasteiger partial charge < -0.3 is 0 Å². The minimum atomic E-state index is -0.458. The third-order valence-corrected chi connectivity index (χ3v) is 3.52. The molecule has 0 aliphatic heterocycles. The van der Waals surface area contributed by atoms with Gasteiger partial charge in [0.2, 0.25) is 5.78 Å². The van der Waals surface area contributed by atoms with E-state index in [4.69, 9.17) is 0 Å². The van der Waals surface area contributed by atoms with Crippen molar-refractivity contribution < 1.29 is 9.72 Å². The fourth-order valence-corrected chi connectivity index (χ4v) is 2.61. The van der Waals surface area contributed by atoms with Crippen LogP contribution in [0.15, 0.2) is 36.4 Å². The first-order chi connectivity index (χ1) is 9.09. The normalized spacial score (nSPS) is 12.8. The summed E-state index contributed by atoms with van der Waals surface area (Å²) in [4.78, 5) is 23.2. The SMILES string of the molecule is Cc1ccc2c(c1[N+](=O)[O-])C(=O)c1ccccc1C2. The first-order valence-electron chi connectivity index (χ1n) is 5.99. The van der Waals surface area contributed by atoms with Gasteiger partial charge >= 0.3 is 0 Å². The number of ketones is 1. The van der Waals surface area contributed by atoms with E-state index in [1.807, 2.05) is 18.2 Å². The topological polar surface area (TPSA) is 60.2 Å². The summed E-state index contributed by atoms with van der Waals surface area (Å²) in [5.74, 6) is -0.243. The number of hydrogen-bond acceptors (Lipinski definition) is 3. The lowest BCUT2D eigenvalue weighted by molar-refractivity contribution is -0.385. The maximum absolute atomic E-state index is 12.5. The van der Waals surface area contributed by atoms with Crippen molar-refractivity contribution in [1.29, 1.82) is 0 Å². The lowest BCUT2D eigenvalue weighted by Gasteiger charge is -2.18. The average molecular weight is 253 g/mol. The monoisotopic (exact) mass is 253 g/mol. The summed E-state index contributed by atoms with van der Waals surface area (Å²) in [5, 5.41) is 11.2. The molecule has 0 N–H and O–H groups in total. The van der Waals surface area contributed by atoms with Crippen LogP contribution in [0.5, 0.6) is 0 Å². The lowest BCUT2D eigenvalue weighted by Crippen LogP contribution is -2.17. The van der Waals surface area contributed by atoms with E-state index in [1.165, 1.54) is 0 Å². The van der Waals surface area contributed by atoms with Gasteiger partial charge in [-0.15, -0.1) is 0 Å². The van der Waals surface area contributed by atoms with Gasteiger partial charge in [0, 0.05) is 11.1 Å². The fourth-order valence-electron chi connectivity index (χ4n) is 2.61. The van der Waals surface area contributed by atoms with E-state index in [1.54, 1.807) is 25.1 Å². The summed E-state index contributed by atoms with van der Waals surface area (Å²) >= 11 is 0. The van der Waals surface area contributed by atoms with Crippen molar-refractivity contribution in [1.82, 2.24) is 0 Å². The van der Waals surface area contributed by atoms with E-state index in [2.05, 4.69) is 0 Å². The highest BCUT2D eigenvalue weighted by atomic mass is 16.6. The van der Waals surface area contributed by atoms with Crippen LogP contribution in [0.2, 0.25) is 0 Å². The molecular formula is C15H11NO3. The van der Waals surface area contributed by atoms with Gasteiger partial charge in [-0.3, -0.25) is 14.9 Å². The van der Waals surface area contributed by atoms with Crippen LogP contribution in [0.3, 0.4) is 0 Å². The zero-order valence-corrected chi connectivity index (χ0v) is 10.3. The summed E-state index contributed by atoms with van der Waals surface area (Å²) in [6.07, 6.45) is 0.568. The Kier molecular flexibility index (Phi) is 2.45. The predicted molar refractivity (Wildman–Crippen MR) is 70.5 cm³/mol. The molecule has 0 fully saturated rings. The average Bonchev–Trinajstić information content (AvgIpc) is 2.39. The molecule has 0 aromatic heterocycles. The molecule has 19 heavy (non-hydrogen) atoms. The van der Waals surface area contributed by atoms with Crippen LogP contribution in [-0.4, -0.2) is 10.7 Å². The van der Waals surface area contributed by atoms with Crippen LogP contribution in [0.1, 0.15) is 32.6 Å². The van der Waals surface area contributed by atoms with Crippen LogP contribution in [0.4, 0.5) is 5.69 Å². The Balaban J connectivity index is 2.30. The quantitative estimate of drug-likeness (QED) is 0.494. The summed E-state index contributed by atoms with van der Waals surface area (Å²) in [6.45, 7) is 1.66. The van der Waals surface area contributed by atoms with Crippen molar-refractivity contribution in [2.45, 2.75) is 13.3 Å². The first-order valence-corrected chi connectivity index (χ1v) is 5.99. The Morgan fingerprint density at radius 3 is 2.58 bits per heavy atom. The summed E-state index contributed by atoms with van der Waals surface area (Å²) in [5.41, 5.74) is 2.96. The second kappa shape index (κ2) is 4.02. The van der Waals surface area contributed by atoms with Crippen molar-refractivity contribution in [3.63, 3.8) is 0 Å². The third kappa shape index (κ3) is 1.64. The second-order valence-electron chi connectivity index (χ2n) is 4.69. The van der Waals surface area contributed by atoms with Crippen molar-refractivity contribution in [3.8, 4) is 0 Å². The zero-order valence-electron chi connectivity index (χ0n) is 10.3. The number of rotatable bonds is 1. The van der Waals surface area contributed by atoms with E-state index in [0.29, 0.717) is 17.5 Å². The van der Waals surface area contributed by atoms with Gasteiger partial charge in [-0.05, 0) is 24.5 Å². The zero-order chi connectivity index (χ0) is 13.6. The minimum Gasteiger partial charge on any atom is -0.288 e. The number of nitro benzene ring substituents is 1. The standard InChI is InChI=1S/C15H11NO3/c1-9-6-7-11-8-10-4-2-3-5-12(10)15(17)13(11)14(9)16(18)19/h2-7H,8H2,1H3. The molecule has 0 unspecified atom stereocenters. The molecule has 0 spiro atoms. The van der Waals surface area contributed by atoms with Crippen molar-refractivity contribution >= 4 is 11.5 Å². The Hall–Kier alpha value is -2.49. The van der Waals surface area contributed by atoms with E-state index in [-0.39, 0.29) is 17.0 Å². The third-order valence-electron chi connectivity index (χ3n) is 3.52. The Labute approximate surface area is 109 Å². The number of nitro groups is 1. The van der Waals surface area contributed by atoms with Gasteiger partial charge in [0.1, 0.15) is 5.56 Å². The van der Waals surface area contributed by atoms with Gasteiger partial charge in [0.05, 0.1) is 4.92 Å². The van der Waals surface area contributed by atoms with Gasteiger partial charge in [-0.2, -0.15) is 0 Å². The van der Waals surface area contributed by atoms with Gasteiger partial charge in [-0.1, -0.05) is 36.4 Å². The van der Waals surface area contributed by atoms with Crippen molar-refractivity contribution in [3.05, 3.63) is 74.3 Å². The lowest BCUT2D eigenvalue weighted by atomic mass is 9.83. The molecule has 1 aliphatic rings. The molecule has 0 radical (unpaired) electrons. The maximum atomic E-state index is 12.5. The van der Waals surface area contributed by atoms with Crippen LogP contribution in [0.25, 0.3) is 0 Å². The fraction of sp³-hybridized carbons (Fsp3) is 0.133. The van der Waals surface area contributed by atoms with Gasteiger partial charge in [0.15, 0.2) is 0 Å². The first kappa shape index (κ1) is 11.6. The molecule has 3 rings (SSSR count). The molecule has 0 heterocycles. The number of hydrogen-bond donors (Lipinski definition) is 0. The molecule has 0 amide bonds. The smallest absolute Gasteiger partial charge is 0.283 e. The highest BCUT2D eigenvalue weighted by Gasteiger charge is 2.31. The maximum Gasteiger partial charge on any atom is 0.283 e. The number of aryl methyl sites for hydroxylation is 1. The Morgan fingerprint density at radius 2 is 1.84 bits per heavy atom. The number of carbonyl (C=O) groups excluding carboxylic acids is 1. The molecular weight excluding hydrogens is 242 g/mol.